The summed E-state index contributed by atoms with van der Waals surface area (Å²) in [5.41, 5.74) is 4.56. The van der Waals surface area contributed by atoms with Crippen LogP contribution in [-0.4, -0.2) is 49.5 Å². The Morgan fingerprint density at radius 2 is 1.97 bits per heavy atom. The third-order valence-corrected chi connectivity index (χ3v) is 7.53. The van der Waals surface area contributed by atoms with Crippen molar-refractivity contribution < 1.29 is 5.11 Å². The number of benzene rings is 2. The summed E-state index contributed by atoms with van der Waals surface area (Å²) < 4.78 is 1.76. The Hall–Kier alpha value is -3.19. The summed E-state index contributed by atoms with van der Waals surface area (Å²) in [7, 11) is 1.88. The molecular weight excluding hydrogens is 412 g/mol. The zero-order chi connectivity index (χ0) is 22.9. The molecule has 0 amide bonds. The molecule has 1 aliphatic carbocycles. The van der Waals surface area contributed by atoms with E-state index in [1.165, 1.54) is 18.5 Å². The molecule has 1 saturated carbocycles. The number of aromatic nitrogens is 4. The SMILES string of the molecule is Cc1c(O)c(-c2ncc3cc(N4C[C@@H](C)C(C)NC5(CC5)C4)ccc3n2)cc2cn(C)nc12. The van der Waals surface area contributed by atoms with Crippen LogP contribution < -0.4 is 10.2 Å². The van der Waals surface area contributed by atoms with Crippen LogP contribution in [0, 0.1) is 12.8 Å². The maximum atomic E-state index is 10.8. The van der Waals surface area contributed by atoms with Gasteiger partial charge in [0.2, 0.25) is 0 Å². The molecule has 6 rings (SSSR count). The number of hydrogen-bond acceptors (Lipinski definition) is 6. The van der Waals surface area contributed by atoms with E-state index in [-0.39, 0.29) is 11.3 Å². The van der Waals surface area contributed by atoms with Crippen LogP contribution in [0.4, 0.5) is 5.69 Å². The first-order valence-electron chi connectivity index (χ1n) is 11.8. The Morgan fingerprint density at radius 3 is 2.76 bits per heavy atom. The van der Waals surface area contributed by atoms with Crippen LogP contribution >= 0.6 is 0 Å². The van der Waals surface area contributed by atoms with Gasteiger partial charge >= 0.3 is 0 Å². The summed E-state index contributed by atoms with van der Waals surface area (Å²) in [5.74, 6) is 1.29. The molecule has 0 radical (unpaired) electrons. The van der Waals surface area contributed by atoms with Gasteiger partial charge in [-0.25, -0.2) is 9.97 Å². The second-order valence-corrected chi connectivity index (χ2v) is 10.1. The number of anilines is 1. The normalized spacial score (nSPS) is 22.2. The number of rotatable bonds is 2. The van der Waals surface area contributed by atoms with E-state index in [0.29, 0.717) is 23.3 Å². The molecule has 1 aliphatic heterocycles. The smallest absolute Gasteiger partial charge is 0.163 e. The topological polar surface area (TPSA) is 79.1 Å². The van der Waals surface area contributed by atoms with Gasteiger partial charge in [0.1, 0.15) is 5.75 Å². The maximum absolute atomic E-state index is 10.8. The minimum Gasteiger partial charge on any atom is -0.507 e. The van der Waals surface area contributed by atoms with Crippen LogP contribution in [0.3, 0.4) is 0 Å². The minimum atomic E-state index is 0.187. The lowest BCUT2D eigenvalue weighted by molar-refractivity contribution is 0.389. The van der Waals surface area contributed by atoms with Crippen molar-refractivity contribution in [1.82, 2.24) is 25.1 Å². The van der Waals surface area contributed by atoms with Crippen molar-refractivity contribution >= 4 is 27.5 Å². The highest BCUT2D eigenvalue weighted by molar-refractivity contribution is 5.91. The summed E-state index contributed by atoms with van der Waals surface area (Å²) in [6, 6.07) is 8.90. The van der Waals surface area contributed by atoms with Gasteiger partial charge in [-0.05, 0) is 56.9 Å². The molecular formula is C26H30N6O. The largest absolute Gasteiger partial charge is 0.507 e. The average molecular weight is 443 g/mol. The van der Waals surface area contributed by atoms with E-state index in [9.17, 15) is 5.11 Å². The lowest BCUT2D eigenvalue weighted by Gasteiger charge is -2.27. The minimum absolute atomic E-state index is 0.187. The molecule has 2 N–H and O–H groups in total. The Kier molecular flexibility index (Phi) is 4.43. The maximum Gasteiger partial charge on any atom is 0.163 e. The first kappa shape index (κ1) is 20.4. The highest BCUT2D eigenvalue weighted by Crippen LogP contribution is 2.41. The number of hydrogen-bond donors (Lipinski definition) is 2. The number of fused-ring (bicyclic) bond motifs is 2. The number of nitrogens with one attached hydrogen (secondary N) is 1. The van der Waals surface area contributed by atoms with E-state index >= 15 is 0 Å². The fourth-order valence-electron chi connectivity index (χ4n) is 5.22. The molecule has 7 heteroatoms. The molecule has 2 fully saturated rings. The van der Waals surface area contributed by atoms with E-state index in [1.807, 2.05) is 32.4 Å². The van der Waals surface area contributed by atoms with Gasteiger partial charge in [0.15, 0.2) is 5.82 Å². The van der Waals surface area contributed by atoms with Crippen molar-refractivity contribution in [3.05, 3.63) is 42.2 Å². The molecule has 7 nitrogen and oxygen atoms in total. The molecule has 2 aromatic heterocycles. The fourth-order valence-corrected chi connectivity index (χ4v) is 5.22. The molecule has 2 atom stereocenters. The van der Waals surface area contributed by atoms with Crippen LogP contribution in [0.1, 0.15) is 32.3 Å². The van der Waals surface area contributed by atoms with Crippen molar-refractivity contribution in [2.75, 3.05) is 18.0 Å². The van der Waals surface area contributed by atoms with Gasteiger partial charge in [0.05, 0.1) is 16.6 Å². The number of phenols is 1. The predicted molar refractivity (Wildman–Crippen MR) is 132 cm³/mol. The second-order valence-electron chi connectivity index (χ2n) is 10.1. The Morgan fingerprint density at radius 1 is 1.15 bits per heavy atom. The molecule has 33 heavy (non-hydrogen) atoms. The van der Waals surface area contributed by atoms with E-state index in [4.69, 9.17) is 4.98 Å². The van der Waals surface area contributed by atoms with Gasteiger partial charge < -0.3 is 15.3 Å². The third kappa shape index (κ3) is 3.42. The predicted octanol–water partition coefficient (Wildman–Crippen LogP) is 4.16. The monoisotopic (exact) mass is 442 g/mol. The first-order valence-corrected chi connectivity index (χ1v) is 11.8. The summed E-state index contributed by atoms with van der Waals surface area (Å²) in [4.78, 5) is 12.0. The zero-order valence-corrected chi connectivity index (χ0v) is 19.6. The molecule has 1 unspecified atom stereocenters. The lowest BCUT2D eigenvalue weighted by atomic mass is 10.0. The van der Waals surface area contributed by atoms with Crippen LogP contribution in [0.2, 0.25) is 0 Å². The van der Waals surface area contributed by atoms with Crippen LogP contribution in [0.15, 0.2) is 36.7 Å². The van der Waals surface area contributed by atoms with E-state index in [1.54, 1.807) is 4.68 Å². The molecule has 1 saturated heterocycles. The zero-order valence-electron chi connectivity index (χ0n) is 19.6. The number of aryl methyl sites for hydroxylation is 2. The van der Waals surface area contributed by atoms with Gasteiger partial charge in [-0.15, -0.1) is 0 Å². The summed E-state index contributed by atoms with van der Waals surface area (Å²) >= 11 is 0. The molecule has 1 spiro atoms. The van der Waals surface area contributed by atoms with Crippen molar-refractivity contribution in [1.29, 1.82) is 0 Å². The standard InChI is InChI=1S/C26H30N6O/c1-15-12-32(14-26(7-8-26)29-17(15)3)20-5-6-22-18(9-20)11-27-25(28-22)21-10-19-13-31(4)30-23(19)16(2)24(21)33/h5-6,9-11,13,15,17,29,33H,7-8,12,14H2,1-4H3/t15-,17?/m1/s1. The van der Waals surface area contributed by atoms with Crippen LogP contribution in [0.25, 0.3) is 33.2 Å². The third-order valence-electron chi connectivity index (χ3n) is 7.53. The van der Waals surface area contributed by atoms with Crippen LogP contribution in [0.5, 0.6) is 5.75 Å². The van der Waals surface area contributed by atoms with Gasteiger partial charge in [-0.1, -0.05) is 6.92 Å². The van der Waals surface area contributed by atoms with Crippen LogP contribution in [-0.2, 0) is 7.05 Å². The van der Waals surface area contributed by atoms with E-state index in [0.717, 1.165) is 40.5 Å². The van der Waals surface area contributed by atoms with Gasteiger partial charge in [0.25, 0.3) is 0 Å². The lowest BCUT2D eigenvalue weighted by Crippen LogP contribution is -2.43. The average Bonchev–Trinajstić information content (AvgIpc) is 3.47. The van der Waals surface area contributed by atoms with Crippen molar-refractivity contribution in [2.24, 2.45) is 13.0 Å². The van der Waals surface area contributed by atoms with Crippen molar-refractivity contribution in [2.45, 2.75) is 45.2 Å². The number of phenolic OH excluding ortho intramolecular Hbond substituents is 1. The van der Waals surface area contributed by atoms with E-state index < -0.39 is 0 Å². The molecule has 2 aromatic carbocycles. The van der Waals surface area contributed by atoms with Crippen molar-refractivity contribution in [3.63, 3.8) is 0 Å². The van der Waals surface area contributed by atoms with Crippen molar-refractivity contribution in [3.8, 4) is 17.1 Å². The number of nitrogens with zero attached hydrogens (tertiary/aromatic N) is 5. The van der Waals surface area contributed by atoms with Gasteiger partial charge in [0, 0.05) is 66.1 Å². The Balaban J connectivity index is 1.37. The molecule has 0 bridgehead atoms. The fraction of sp³-hybridized carbons (Fsp3) is 0.423. The quantitative estimate of drug-likeness (QED) is 0.485. The van der Waals surface area contributed by atoms with E-state index in [2.05, 4.69) is 52.3 Å². The first-order chi connectivity index (χ1) is 15.8. The summed E-state index contributed by atoms with van der Waals surface area (Å²) in [6.45, 7) is 8.61. The highest BCUT2D eigenvalue weighted by Gasteiger charge is 2.47. The molecule has 170 valence electrons. The summed E-state index contributed by atoms with van der Waals surface area (Å²) in [6.07, 6.45) is 6.33. The van der Waals surface area contributed by atoms with Gasteiger partial charge in [-0.3, -0.25) is 4.68 Å². The second kappa shape index (κ2) is 7.15. The summed E-state index contributed by atoms with van der Waals surface area (Å²) in [5, 5.41) is 21.1. The molecule has 4 aromatic rings. The molecule has 2 aliphatic rings. The van der Waals surface area contributed by atoms with Gasteiger partial charge in [-0.2, -0.15) is 5.10 Å². The molecule has 3 heterocycles. The number of aromatic hydroxyl groups is 1. The highest BCUT2D eigenvalue weighted by atomic mass is 16.3. The Bertz CT molecular complexity index is 1390. The Labute approximate surface area is 193 Å².